The topological polar surface area (TPSA) is 29.9 Å². The monoisotopic (exact) mass is 263 g/mol. The summed E-state index contributed by atoms with van der Waals surface area (Å²) in [5.41, 5.74) is 2.68. The van der Waals surface area contributed by atoms with Crippen LogP contribution in [0.5, 0.6) is 0 Å². The normalized spacial score (nSPS) is 13.1. The summed E-state index contributed by atoms with van der Waals surface area (Å²) in [6, 6.07) is 4.29. The number of thiophene rings is 1. The average molecular weight is 263 g/mol. The van der Waals surface area contributed by atoms with Gasteiger partial charge >= 0.3 is 0 Å². The van der Waals surface area contributed by atoms with Crippen molar-refractivity contribution in [3.8, 4) is 0 Å². The summed E-state index contributed by atoms with van der Waals surface area (Å²) in [6.45, 7) is 6.48. The molecule has 0 saturated carbocycles. The van der Waals surface area contributed by atoms with E-state index in [1.165, 1.54) is 11.3 Å². The fourth-order valence-electron chi connectivity index (χ4n) is 2.19. The molecule has 2 aromatic rings. The number of nitrogens with zero attached hydrogens (tertiary/aromatic N) is 2. The summed E-state index contributed by atoms with van der Waals surface area (Å²) in [6.07, 6.45) is 1.88. The largest absolute Gasteiger partial charge is 0.312 e. The van der Waals surface area contributed by atoms with E-state index in [2.05, 4.69) is 47.2 Å². The smallest absolute Gasteiger partial charge is 0.0492 e. The Morgan fingerprint density at radius 1 is 1.39 bits per heavy atom. The first-order valence-corrected chi connectivity index (χ1v) is 7.32. The second kappa shape index (κ2) is 6.16. The molecular formula is C14H21N3S. The minimum absolute atomic E-state index is 0.510. The maximum Gasteiger partial charge on any atom is 0.0492 e. The Morgan fingerprint density at radius 3 is 2.78 bits per heavy atom. The fourth-order valence-corrected chi connectivity index (χ4v) is 2.86. The first-order chi connectivity index (χ1) is 8.68. The van der Waals surface area contributed by atoms with Gasteiger partial charge in [0.1, 0.15) is 0 Å². The molecule has 0 radical (unpaired) electrons. The second-order valence-electron chi connectivity index (χ2n) is 4.99. The molecule has 0 aliphatic heterocycles. The molecule has 4 heteroatoms. The van der Waals surface area contributed by atoms with Crippen LogP contribution in [0.4, 0.5) is 0 Å². The molecular weight excluding hydrogens is 242 g/mol. The van der Waals surface area contributed by atoms with Gasteiger partial charge in [-0.15, -0.1) is 0 Å². The van der Waals surface area contributed by atoms with E-state index in [0.717, 1.165) is 13.1 Å². The van der Waals surface area contributed by atoms with Gasteiger partial charge in [0, 0.05) is 37.9 Å². The Hall–Kier alpha value is -1.13. The van der Waals surface area contributed by atoms with Crippen molar-refractivity contribution in [1.29, 1.82) is 0 Å². The van der Waals surface area contributed by atoms with Gasteiger partial charge in [-0.1, -0.05) is 13.8 Å². The third-order valence-corrected chi connectivity index (χ3v) is 4.05. The molecule has 0 spiro atoms. The molecule has 3 nitrogen and oxygen atoms in total. The molecule has 98 valence electrons. The van der Waals surface area contributed by atoms with Crippen LogP contribution < -0.4 is 5.32 Å². The van der Waals surface area contributed by atoms with Gasteiger partial charge in [-0.2, -0.15) is 16.4 Å². The van der Waals surface area contributed by atoms with Crippen molar-refractivity contribution >= 4 is 11.3 Å². The lowest BCUT2D eigenvalue weighted by Crippen LogP contribution is -2.25. The molecule has 0 amide bonds. The molecule has 0 aromatic carbocycles. The standard InChI is InChI=1S/C14H21N3S/c1-11(2)13(14-4-6-16-17(14)3)9-15-8-12-5-7-18-10-12/h4-7,10-11,13,15H,8-9H2,1-3H3/t13-/m0/s1. The molecule has 0 aliphatic carbocycles. The van der Waals surface area contributed by atoms with Crippen molar-refractivity contribution in [3.05, 3.63) is 40.3 Å². The molecule has 0 bridgehead atoms. The van der Waals surface area contributed by atoms with Crippen LogP contribution in [0.15, 0.2) is 29.1 Å². The Bertz CT molecular complexity index is 459. The van der Waals surface area contributed by atoms with Crippen molar-refractivity contribution < 1.29 is 0 Å². The highest BCUT2D eigenvalue weighted by Gasteiger charge is 2.18. The highest BCUT2D eigenvalue weighted by Crippen LogP contribution is 2.23. The maximum atomic E-state index is 4.27. The third-order valence-electron chi connectivity index (χ3n) is 3.32. The van der Waals surface area contributed by atoms with Crippen LogP contribution in [0.2, 0.25) is 0 Å². The zero-order valence-corrected chi connectivity index (χ0v) is 12.1. The molecule has 0 fully saturated rings. The van der Waals surface area contributed by atoms with Gasteiger partial charge in [-0.25, -0.2) is 0 Å². The number of nitrogens with one attached hydrogen (secondary N) is 1. The molecule has 0 unspecified atom stereocenters. The van der Waals surface area contributed by atoms with Crippen molar-refractivity contribution in [2.75, 3.05) is 6.54 Å². The van der Waals surface area contributed by atoms with Crippen LogP contribution in [0.25, 0.3) is 0 Å². The number of rotatable bonds is 6. The molecule has 1 atom stereocenters. The van der Waals surface area contributed by atoms with Gasteiger partial charge in [-0.05, 0) is 34.4 Å². The molecule has 1 N–H and O–H groups in total. The molecule has 18 heavy (non-hydrogen) atoms. The number of aryl methyl sites for hydroxylation is 1. The van der Waals surface area contributed by atoms with E-state index >= 15 is 0 Å². The van der Waals surface area contributed by atoms with E-state index in [9.17, 15) is 0 Å². The average Bonchev–Trinajstić information content (AvgIpc) is 2.96. The van der Waals surface area contributed by atoms with E-state index in [0.29, 0.717) is 11.8 Å². The second-order valence-corrected chi connectivity index (χ2v) is 5.77. The van der Waals surface area contributed by atoms with Crippen molar-refractivity contribution in [3.63, 3.8) is 0 Å². The number of aromatic nitrogens is 2. The molecule has 2 aromatic heterocycles. The Labute approximate surface area is 113 Å². The Morgan fingerprint density at radius 2 is 2.22 bits per heavy atom. The van der Waals surface area contributed by atoms with Gasteiger partial charge in [0.15, 0.2) is 0 Å². The summed E-state index contributed by atoms with van der Waals surface area (Å²) in [5, 5.41) is 12.1. The van der Waals surface area contributed by atoms with Crippen molar-refractivity contribution in [1.82, 2.24) is 15.1 Å². The zero-order valence-electron chi connectivity index (χ0n) is 11.3. The van der Waals surface area contributed by atoms with E-state index in [1.807, 2.05) is 17.9 Å². The quantitative estimate of drug-likeness (QED) is 0.868. The summed E-state index contributed by atoms with van der Waals surface area (Å²) in [4.78, 5) is 0. The zero-order chi connectivity index (χ0) is 13.0. The molecule has 2 rings (SSSR count). The van der Waals surface area contributed by atoms with Gasteiger partial charge < -0.3 is 5.32 Å². The van der Waals surface area contributed by atoms with E-state index in [1.54, 1.807) is 11.3 Å². The Kier molecular flexibility index (Phi) is 4.55. The summed E-state index contributed by atoms with van der Waals surface area (Å²) < 4.78 is 1.98. The van der Waals surface area contributed by atoms with Crippen molar-refractivity contribution in [2.45, 2.75) is 26.3 Å². The number of hydrogen-bond donors (Lipinski definition) is 1. The fraction of sp³-hybridized carbons (Fsp3) is 0.500. The predicted molar refractivity (Wildman–Crippen MR) is 76.8 cm³/mol. The first-order valence-electron chi connectivity index (χ1n) is 6.38. The van der Waals surface area contributed by atoms with Crippen LogP contribution >= 0.6 is 11.3 Å². The van der Waals surface area contributed by atoms with Crippen LogP contribution in [-0.2, 0) is 13.6 Å². The minimum atomic E-state index is 0.510. The molecule has 2 heterocycles. The van der Waals surface area contributed by atoms with Crippen LogP contribution in [0.1, 0.15) is 31.0 Å². The predicted octanol–water partition coefficient (Wildman–Crippen LogP) is 3.01. The van der Waals surface area contributed by atoms with Gasteiger partial charge in [-0.3, -0.25) is 4.68 Å². The lowest BCUT2D eigenvalue weighted by Gasteiger charge is -2.21. The summed E-state index contributed by atoms with van der Waals surface area (Å²) in [7, 11) is 2.02. The van der Waals surface area contributed by atoms with E-state index in [4.69, 9.17) is 0 Å². The van der Waals surface area contributed by atoms with Gasteiger partial charge in [0.25, 0.3) is 0 Å². The number of hydrogen-bond acceptors (Lipinski definition) is 3. The summed E-state index contributed by atoms with van der Waals surface area (Å²) >= 11 is 1.75. The SMILES string of the molecule is CC(C)[C@H](CNCc1ccsc1)c1ccnn1C. The van der Waals surface area contributed by atoms with E-state index < -0.39 is 0 Å². The van der Waals surface area contributed by atoms with Gasteiger partial charge in [0.05, 0.1) is 0 Å². The van der Waals surface area contributed by atoms with Crippen LogP contribution in [0.3, 0.4) is 0 Å². The van der Waals surface area contributed by atoms with Crippen LogP contribution in [-0.4, -0.2) is 16.3 Å². The van der Waals surface area contributed by atoms with Crippen molar-refractivity contribution in [2.24, 2.45) is 13.0 Å². The maximum absolute atomic E-state index is 4.27. The summed E-state index contributed by atoms with van der Waals surface area (Å²) in [5.74, 6) is 1.12. The minimum Gasteiger partial charge on any atom is -0.312 e. The lowest BCUT2D eigenvalue weighted by atomic mass is 9.92. The van der Waals surface area contributed by atoms with Gasteiger partial charge in [0.2, 0.25) is 0 Å². The lowest BCUT2D eigenvalue weighted by molar-refractivity contribution is 0.437. The molecule has 0 aliphatic rings. The highest BCUT2D eigenvalue weighted by atomic mass is 32.1. The Balaban J connectivity index is 1.93. The van der Waals surface area contributed by atoms with Crippen LogP contribution in [0, 0.1) is 5.92 Å². The molecule has 0 saturated heterocycles. The third kappa shape index (κ3) is 3.21. The highest BCUT2D eigenvalue weighted by molar-refractivity contribution is 7.07. The first kappa shape index (κ1) is 13.3. The van der Waals surface area contributed by atoms with E-state index in [-0.39, 0.29) is 0 Å².